The maximum Gasteiger partial charge on any atom is 0.179 e. The number of piperidine rings is 1. The molecule has 0 unspecified atom stereocenters. The summed E-state index contributed by atoms with van der Waals surface area (Å²) in [6.07, 6.45) is 4.03. The lowest BCUT2D eigenvalue weighted by molar-refractivity contribution is 0.216. The van der Waals surface area contributed by atoms with Crippen molar-refractivity contribution in [3.63, 3.8) is 0 Å². The molecule has 0 aliphatic carbocycles. The molecule has 1 aromatic rings. The van der Waals surface area contributed by atoms with Gasteiger partial charge in [-0.2, -0.15) is 4.37 Å². The summed E-state index contributed by atoms with van der Waals surface area (Å²) in [7, 11) is 0. The Morgan fingerprint density at radius 1 is 1.31 bits per heavy atom. The Bertz CT molecular complexity index is 270. The van der Waals surface area contributed by atoms with Gasteiger partial charge in [-0.05, 0) is 53.4 Å². The van der Waals surface area contributed by atoms with Gasteiger partial charge in [0.2, 0.25) is 0 Å². The molecule has 0 amide bonds. The van der Waals surface area contributed by atoms with Crippen LogP contribution in [-0.4, -0.2) is 27.3 Å². The number of nitrogens with zero attached hydrogens (tertiary/aromatic N) is 3. The first-order valence-corrected chi connectivity index (χ1v) is 6.12. The minimum Gasteiger partial charge on any atom is -0.296 e. The monoisotopic (exact) mass is 261 g/mol. The second-order valence-electron chi connectivity index (χ2n) is 3.30. The number of likely N-dealkylation sites (tertiary alicyclic amines) is 1. The van der Waals surface area contributed by atoms with Crippen molar-refractivity contribution in [1.82, 2.24) is 14.3 Å². The predicted octanol–water partition coefficient (Wildman–Crippen LogP) is 2.29. The second-order valence-corrected chi connectivity index (χ2v) is 5.33. The molecule has 0 atom stereocenters. The van der Waals surface area contributed by atoms with Gasteiger partial charge in [0.15, 0.2) is 9.74 Å². The highest BCUT2D eigenvalue weighted by molar-refractivity contribution is 9.11. The molecule has 0 spiro atoms. The molecule has 0 bridgehead atoms. The SMILES string of the molecule is Brc1nc(CN2CCCCC2)ns1. The molecule has 0 aromatic carbocycles. The van der Waals surface area contributed by atoms with E-state index in [1.165, 1.54) is 43.9 Å². The average Bonchev–Trinajstić information content (AvgIpc) is 2.53. The van der Waals surface area contributed by atoms with E-state index in [-0.39, 0.29) is 0 Å². The van der Waals surface area contributed by atoms with Gasteiger partial charge in [-0.15, -0.1) is 0 Å². The van der Waals surface area contributed by atoms with Gasteiger partial charge in [0.1, 0.15) is 0 Å². The first-order chi connectivity index (χ1) is 6.34. The van der Waals surface area contributed by atoms with Crippen LogP contribution in [0.25, 0.3) is 0 Å². The van der Waals surface area contributed by atoms with Crippen LogP contribution in [0.15, 0.2) is 3.92 Å². The van der Waals surface area contributed by atoms with E-state index in [1.807, 2.05) is 0 Å². The molecular weight excluding hydrogens is 250 g/mol. The molecule has 5 heteroatoms. The quantitative estimate of drug-likeness (QED) is 0.818. The Morgan fingerprint density at radius 2 is 2.08 bits per heavy atom. The third-order valence-corrected chi connectivity index (χ3v) is 3.41. The van der Waals surface area contributed by atoms with E-state index >= 15 is 0 Å². The molecule has 72 valence electrons. The summed E-state index contributed by atoms with van der Waals surface area (Å²) in [5.74, 6) is 0.957. The zero-order chi connectivity index (χ0) is 9.10. The van der Waals surface area contributed by atoms with Crippen LogP contribution < -0.4 is 0 Å². The molecule has 0 radical (unpaired) electrons. The van der Waals surface area contributed by atoms with Gasteiger partial charge in [0, 0.05) is 0 Å². The van der Waals surface area contributed by atoms with Crippen molar-refractivity contribution in [3.8, 4) is 0 Å². The van der Waals surface area contributed by atoms with Crippen molar-refractivity contribution >= 4 is 27.5 Å². The van der Waals surface area contributed by atoms with Crippen LogP contribution >= 0.6 is 27.5 Å². The normalized spacial score (nSPS) is 19.2. The van der Waals surface area contributed by atoms with Gasteiger partial charge in [-0.1, -0.05) is 6.42 Å². The summed E-state index contributed by atoms with van der Waals surface area (Å²) in [6, 6.07) is 0. The highest BCUT2D eigenvalue weighted by Gasteiger charge is 2.12. The van der Waals surface area contributed by atoms with Crippen LogP contribution in [0.2, 0.25) is 0 Å². The molecule has 2 rings (SSSR count). The molecule has 1 fully saturated rings. The minimum absolute atomic E-state index is 0.888. The van der Waals surface area contributed by atoms with Crippen molar-refractivity contribution in [2.24, 2.45) is 0 Å². The van der Waals surface area contributed by atoms with Crippen molar-refractivity contribution in [1.29, 1.82) is 0 Å². The number of hydrogen-bond acceptors (Lipinski definition) is 4. The summed E-state index contributed by atoms with van der Waals surface area (Å²) >= 11 is 4.75. The first-order valence-electron chi connectivity index (χ1n) is 4.55. The van der Waals surface area contributed by atoms with E-state index in [0.29, 0.717) is 0 Å². The Kier molecular flexibility index (Phi) is 3.29. The average molecular weight is 262 g/mol. The maximum atomic E-state index is 4.29. The molecule has 1 aliphatic heterocycles. The first kappa shape index (κ1) is 9.55. The molecule has 1 saturated heterocycles. The van der Waals surface area contributed by atoms with Crippen LogP contribution in [0.1, 0.15) is 25.1 Å². The third-order valence-electron chi connectivity index (χ3n) is 2.26. The molecule has 3 nitrogen and oxygen atoms in total. The van der Waals surface area contributed by atoms with E-state index in [1.54, 1.807) is 0 Å². The van der Waals surface area contributed by atoms with E-state index < -0.39 is 0 Å². The molecule has 1 aliphatic rings. The standard InChI is InChI=1S/C8H12BrN3S/c9-8-10-7(11-13-8)6-12-4-2-1-3-5-12/h1-6H2. The van der Waals surface area contributed by atoms with Gasteiger partial charge in [0.05, 0.1) is 6.54 Å². The Morgan fingerprint density at radius 3 is 2.69 bits per heavy atom. The minimum atomic E-state index is 0.888. The summed E-state index contributed by atoms with van der Waals surface area (Å²) in [5.41, 5.74) is 0. The van der Waals surface area contributed by atoms with Gasteiger partial charge < -0.3 is 0 Å². The van der Waals surface area contributed by atoms with Gasteiger partial charge in [0.25, 0.3) is 0 Å². The molecule has 0 N–H and O–H groups in total. The number of halogens is 1. The van der Waals surface area contributed by atoms with Crippen LogP contribution in [0, 0.1) is 0 Å². The van der Waals surface area contributed by atoms with E-state index in [0.717, 1.165) is 16.3 Å². The van der Waals surface area contributed by atoms with Crippen LogP contribution in [-0.2, 0) is 6.54 Å². The Labute approximate surface area is 90.5 Å². The maximum absolute atomic E-state index is 4.29. The fraction of sp³-hybridized carbons (Fsp3) is 0.750. The van der Waals surface area contributed by atoms with E-state index in [4.69, 9.17) is 0 Å². The lowest BCUT2D eigenvalue weighted by Gasteiger charge is -2.24. The fourth-order valence-electron chi connectivity index (χ4n) is 1.61. The van der Waals surface area contributed by atoms with Crippen molar-refractivity contribution in [3.05, 3.63) is 9.74 Å². The van der Waals surface area contributed by atoms with Crippen molar-refractivity contribution in [2.45, 2.75) is 25.8 Å². The number of hydrogen-bond donors (Lipinski definition) is 0. The smallest absolute Gasteiger partial charge is 0.179 e. The van der Waals surface area contributed by atoms with E-state index in [9.17, 15) is 0 Å². The Hall–Kier alpha value is -0.0000000000000000555. The topological polar surface area (TPSA) is 29.0 Å². The van der Waals surface area contributed by atoms with Crippen LogP contribution in [0.3, 0.4) is 0 Å². The summed E-state index contributed by atoms with van der Waals surface area (Å²) < 4.78 is 5.14. The molecule has 13 heavy (non-hydrogen) atoms. The lowest BCUT2D eigenvalue weighted by atomic mass is 10.1. The van der Waals surface area contributed by atoms with Gasteiger partial charge in [-0.3, -0.25) is 4.90 Å². The lowest BCUT2D eigenvalue weighted by Crippen LogP contribution is -2.29. The summed E-state index contributed by atoms with van der Waals surface area (Å²) in [4.78, 5) is 6.72. The number of rotatable bonds is 2. The zero-order valence-electron chi connectivity index (χ0n) is 7.37. The highest BCUT2D eigenvalue weighted by atomic mass is 79.9. The van der Waals surface area contributed by atoms with Gasteiger partial charge in [-0.25, -0.2) is 4.98 Å². The number of aromatic nitrogens is 2. The largest absolute Gasteiger partial charge is 0.296 e. The molecule has 0 saturated carbocycles. The Balaban J connectivity index is 1.89. The van der Waals surface area contributed by atoms with Crippen molar-refractivity contribution < 1.29 is 0 Å². The molecule has 1 aromatic heterocycles. The van der Waals surface area contributed by atoms with Crippen LogP contribution in [0.5, 0.6) is 0 Å². The van der Waals surface area contributed by atoms with Crippen LogP contribution in [0.4, 0.5) is 0 Å². The fourth-order valence-corrected chi connectivity index (χ4v) is 2.46. The third kappa shape index (κ3) is 2.72. The summed E-state index contributed by atoms with van der Waals surface area (Å²) in [6.45, 7) is 3.33. The van der Waals surface area contributed by atoms with Gasteiger partial charge >= 0.3 is 0 Å². The van der Waals surface area contributed by atoms with Crippen molar-refractivity contribution in [2.75, 3.05) is 13.1 Å². The highest BCUT2D eigenvalue weighted by Crippen LogP contribution is 2.15. The molecular formula is C8H12BrN3S. The van der Waals surface area contributed by atoms with E-state index in [2.05, 4.69) is 30.2 Å². The molecule has 2 heterocycles. The predicted molar refractivity (Wildman–Crippen MR) is 56.7 cm³/mol. The summed E-state index contributed by atoms with van der Waals surface area (Å²) in [5, 5.41) is 0. The zero-order valence-corrected chi connectivity index (χ0v) is 9.77. The second kappa shape index (κ2) is 4.48.